The molecule has 3 amide bonds. The Morgan fingerprint density at radius 3 is 2.46 bits per heavy atom. The third kappa shape index (κ3) is 4.10. The molecule has 4 aliphatic heterocycles. The number of rotatable bonds is 7. The zero-order chi connectivity index (χ0) is 26.4. The lowest BCUT2D eigenvalue weighted by molar-refractivity contribution is -0.148. The second kappa shape index (κ2) is 9.89. The molecule has 1 unspecified atom stereocenters. The summed E-state index contributed by atoms with van der Waals surface area (Å²) in [4.78, 5) is 47.0. The average molecular weight is 528 g/mol. The molecule has 0 bridgehead atoms. The van der Waals surface area contributed by atoms with Crippen LogP contribution in [0.4, 0.5) is 5.69 Å². The van der Waals surface area contributed by atoms with E-state index in [-0.39, 0.29) is 30.9 Å². The quantitative estimate of drug-likeness (QED) is 0.435. The number of likely N-dealkylation sites (tertiary alicyclic amines) is 1. The number of carbonyl (C=O) groups excluding carboxylic acids is 3. The largest absolute Gasteiger partial charge is 0.396 e. The Morgan fingerprint density at radius 2 is 1.70 bits per heavy atom. The molecule has 1 aromatic carbocycles. The lowest BCUT2D eigenvalue weighted by Gasteiger charge is -2.37. The van der Waals surface area contributed by atoms with E-state index in [0.717, 1.165) is 12.8 Å². The minimum Gasteiger partial charge on any atom is -0.396 e. The maximum absolute atomic E-state index is 14.3. The monoisotopic (exact) mass is 527 g/mol. The number of para-hydroxylation sites is 1. The summed E-state index contributed by atoms with van der Waals surface area (Å²) >= 11 is 6.49. The summed E-state index contributed by atoms with van der Waals surface area (Å²) in [6, 6.07) is 6.24. The number of carbonyl (C=O) groups is 3. The smallest absolute Gasteiger partial charge is 0.253 e. The molecule has 0 radical (unpaired) electrons. The molecule has 198 valence electrons. The molecule has 37 heavy (non-hydrogen) atoms. The highest BCUT2D eigenvalue weighted by atomic mass is 35.5. The van der Waals surface area contributed by atoms with Crippen molar-refractivity contribution in [2.24, 2.45) is 11.8 Å². The zero-order valence-corrected chi connectivity index (χ0v) is 22.1. The third-order valence-corrected chi connectivity index (χ3v) is 8.53. The summed E-state index contributed by atoms with van der Waals surface area (Å²) in [7, 11) is 1.73. The highest BCUT2D eigenvalue weighted by molar-refractivity contribution is 6.34. The van der Waals surface area contributed by atoms with Crippen molar-refractivity contribution in [3.63, 3.8) is 0 Å². The zero-order valence-electron chi connectivity index (χ0n) is 21.3. The second-order valence-corrected chi connectivity index (χ2v) is 11.0. The first-order chi connectivity index (χ1) is 17.7. The number of amides is 3. The van der Waals surface area contributed by atoms with Gasteiger partial charge in [0.1, 0.15) is 11.6 Å². The number of nitrogens with zero attached hydrogens (tertiary/aromatic N) is 3. The molecule has 9 heteroatoms. The number of aliphatic hydroxyl groups excluding tert-OH is 1. The fourth-order valence-corrected chi connectivity index (χ4v) is 6.76. The van der Waals surface area contributed by atoms with Crippen LogP contribution in [0.2, 0.25) is 5.02 Å². The van der Waals surface area contributed by atoms with Gasteiger partial charge in [0.25, 0.3) is 5.91 Å². The number of anilines is 1. The minimum atomic E-state index is -1.27. The van der Waals surface area contributed by atoms with Crippen LogP contribution < -0.4 is 4.90 Å². The Hall–Kier alpha value is -2.68. The molecule has 4 heterocycles. The Bertz CT molecular complexity index is 1150. The fourth-order valence-electron chi connectivity index (χ4n) is 6.52. The maximum Gasteiger partial charge on any atom is 0.253 e. The van der Waals surface area contributed by atoms with E-state index in [0.29, 0.717) is 36.6 Å². The first kappa shape index (κ1) is 25.9. The number of benzene rings is 1. The summed E-state index contributed by atoms with van der Waals surface area (Å²) in [5.41, 5.74) is -1.71. The summed E-state index contributed by atoms with van der Waals surface area (Å²) in [5.74, 6) is -2.20. The number of ether oxygens (including phenoxy) is 1. The van der Waals surface area contributed by atoms with Crippen molar-refractivity contribution in [3.8, 4) is 0 Å². The number of halogens is 1. The van der Waals surface area contributed by atoms with Gasteiger partial charge in [-0.15, -0.1) is 0 Å². The van der Waals surface area contributed by atoms with E-state index in [9.17, 15) is 14.4 Å². The van der Waals surface area contributed by atoms with Gasteiger partial charge < -0.3 is 24.5 Å². The van der Waals surface area contributed by atoms with Gasteiger partial charge in [0.2, 0.25) is 11.8 Å². The van der Waals surface area contributed by atoms with E-state index < -0.39 is 29.1 Å². The molecule has 1 N–H and O–H groups in total. The third-order valence-electron chi connectivity index (χ3n) is 8.21. The minimum absolute atomic E-state index is 0.129. The van der Waals surface area contributed by atoms with Gasteiger partial charge in [-0.2, -0.15) is 0 Å². The molecule has 5 atom stereocenters. The maximum atomic E-state index is 14.3. The number of hydrogen-bond donors (Lipinski definition) is 1. The standard InChI is InChI=1S/C28H34ClN3O5/c1-27-13-9-15-30(2)24(34)21(27)22-25(35)32(16-7-3-4-8-18-33)23-26(36)31(17-10-14-28(22,23)37-27)20-12-6-5-11-19(20)29/h5-6,9-14,21-23,33H,3-4,7-8,15-18H2,1-2H3/t21-,22-,23?,27+,28-/m0/s1. The van der Waals surface area contributed by atoms with Crippen molar-refractivity contribution in [3.05, 3.63) is 53.6 Å². The summed E-state index contributed by atoms with van der Waals surface area (Å²) in [6.45, 7) is 3.06. The summed E-state index contributed by atoms with van der Waals surface area (Å²) in [6.07, 6.45) is 10.5. The second-order valence-electron chi connectivity index (χ2n) is 10.6. The van der Waals surface area contributed by atoms with Crippen molar-refractivity contribution >= 4 is 35.0 Å². The molecule has 4 aliphatic rings. The van der Waals surface area contributed by atoms with Gasteiger partial charge in [-0.05, 0) is 31.9 Å². The molecule has 0 saturated carbocycles. The van der Waals surface area contributed by atoms with Crippen LogP contribution in [0.25, 0.3) is 0 Å². The predicted molar refractivity (Wildman–Crippen MR) is 140 cm³/mol. The first-order valence-electron chi connectivity index (χ1n) is 13.0. The predicted octanol–water partition coefficient (Wildman–Crippen LogP) is 2.79. The van der Waals surface area contributed by atoms with E-state index in [1.54, 1.807) is 33.9 Å². The molecule has 0 aliphatic carbocycles. The topological polar surface area (TPSA) is 90.4 Å². The number of likely N-dealkylation sites (N-methyl/N-ethyl adjacent to an activating group) is 1. The Labute approximate surface area is 222 Å². The van der Waals surface area contributed by atoms with Gasteiger partial charge in [-0.3, -0.25) is 14.4 Å². The van der Waals surface area contributed by atoms with Gasteiger partial charge >= 0.3 is 0 Å². The number of fused-ring (bicyclic) bond motifs is 2. The van der Waals surface area contributed by atoms with Crippen LogP contribution in [-0.2, 0) is 19.1 Å². The number of unbranched alkanes of at least 4 members (excludes halogenated alkanes) is 3. The molecule has 1 spiro atoms. The molecular weight excluding hydrogens is 494 g/mol. The van der Waals surface area contributed by atoms with Gasteiger partial charge in [0.05, 0.1) is 28.1 Å². The fraction of sp³-hybridized carbons (Fsp3) is 0.536. The molecular formula is C28H34ClN3O5. The summed E-state index contributed by atoms with van der Waals surface area (Å²) in [5, 5.41) is 9.57. The van der Waals surface area contributed by atoms with Crippen LogP contribution in [-0.4, -0.2) is 83.2 Å². The molecule has 0 aromatic heterocycles. The van der Waals surface area contributed by atoms with Crippen LogP contribution in [0.3, 0.4) is 0 Å². The van der Waals surface area contributed by atoms with E-state index in [1.165, 1.54) is 0 Å². The lowest BCUT2D eigenvalue weighted by Crippen LogP contribution is -2.56. The van der Waals surface area contributed by atoms with E-state index >= 15 is 0 Å². The lowest BCUT2D eigenvalue weighted by atomic mass is 9.74. The number of aliphatic hydroxyl groups is 1. The molecule has 1 aromatic rings. The Morgan fingerprint density at radius 1 is 0.973 bits per heavy atom. The van der Waals surface area contributed by atoms with E-state index in [1.807, 2.05) is 43.4 Å². The molecule has 2 saturated heterocycles. The number of hydrogen-bond acceptors (Lipinski definition) is 5. The van der Waals surface area contributed by atoms with Crippen molar-refractivity contribution in [2.75, 3.05) is 38.2 Å². The van der Waals surface area contributed by atoms with Crippen molar-refractivity contribution in [1.29, 1.82) is 0 Å². The normalized spacial score (nSPS) is 32.9. The van der Waals surface area contributed by atoms with Crippen LogP contribution in [0, 0.1) is 11.8 Å². The molecule has 8 nitrogen and oxygen atoms in total. The van der Waals surface area contributed by atoms with Crippen LogP contribution in [0.15, 0.2) is 48.6 Å². The highest BCUT2D eigenvalue weighted by Gasteiger charge is 2.74. The van der Waals surface area contributed by atoms with Gasteiger partial charge in [-0.1, -0.05) is 60.9 Å². The highest BCUT2D eigenvalue weighted by Crippen LogP contribution is 2.57. The van der Waals surface area contributed by atoms with Crippen LogP contribution in [0.1, 0.15) is 32.6 Å². The van der Waals surface area contributed by atoms with Gasteiger partial charge in [-0.25, -0.2) is 0 Å². The first-order valence-corrected chi connectivity index (χ1v) is 13.4. The van der Waals surface area contributed by atoms with Gasteiger partial charge in [0.15, 0.2) is 0 Å². The van der Waals surface area contributed by atoms with Crippen molar-refractivity contribution in [1.82, 2.24) is 9.80 Å². The van der Waals surface area contributed by atoms with Crippen LogP contribution >= 0.6 is 11.6 Å². The van der Waals surface area contributed by atoms with Crippen LogP contribution in [0.5, 0.6) is 0 Å². The van der Waals surface area contributed by atoms with Crippen molar-refractivity contribution in [2.45, 2.75) is 49.9 Å². The van der Waals surface area contributed by atoms with E-state index in [2.05, 4.69) is 0 Å². The average Bonchev–Trinajstić information content (AvgIpc) is 3.14. The Kier molecular flexibility index (Phi) is 6.94. The summed E-state index contributed by atoms with van der Waals surface area (Å²) < 4.78 is 6.78. The SMILES string of the molecule is CN1CC=C[C@@]2(C)O[C@]34C=CCN(c5ccccc5Cl)C(=O)C3N(CCCCCCO)C(=O)[C@@H]4[C@H]2C1=O. The molecule has 2 fully saturated rings. The Balaban J connectivity index is 1.58. The van der Waals surface area contributed by atoms with Gasteiger partial charge in [0, 0.05) is 33.3 Å². The van der Waals surface area contributed by atoms with E-state index in [4.69, 9.17) is 21.4 Å². The molecule has 5 rings (SSSR count). The van der Waals surface area contributed by atoms with Crippen molar-refractivity contribution < 1.29 is 24.2 Å².